The number of hydrogen-bond donors (Lipinski definition) is 3. The molecule has 0 saturated heterocycles. The summed E-state index contributed by atoms with van der Waals surface area (Å²) in [6, 6.07) is 21.8. The van der Waals surface area contributed by atoms with Gasteiger partial charge in [0.05, 0.1) is 22.5 Å². The van der Waals surface area contributed by atoms with Crippen molar-refractivity contribution in [1.29, 1.82) is 0 Å². The highest BCUT2D eigenvalue weighted by Gasteiger charge is 2.19. The van der Waals surface area contributed by atoms with Gasteiger partial charge in [0.15, 0.2) is 5.88 Å². The predicted molar refractivity (Wildman–Crippen MR) is 113 cm³/mol. The van der Waals surface area contributed by atoms with Crippen molar-refractivity contribution in [2.75, 3.05) is 0 Å². The van der Waals surface area contributed by atoms with Gasteiger partial charge in [-0.1, -0.05) is 52.3 Å². The largest absolute Gasteiger partial charge is 0.494 e. The summed E-state index contributed by atoms with van der Waals surface area (Å²) in [5.74, 6) is -1.08. The third kappa shape index (κ3) is 3.42. The van der Waals surface area contributed by atoms with E-state index in [0.29, 0.717) is 22.2 Å². The van der Waals surface area contributed by atoms with Crippen LogP contribution < -0.4 is 0 Å². The Morgan fingerprint density at radius 3 is 2.32 bits per heavy atom. The van der Waals surface area contributed by atoms with Crippen LogP contribution in [-0.4, -0.2) is 26.9 Å². The first-order chi connectivity index (χ1) is 13.5. The van der Waals surface area contributed by atoms with Gasteiger partial charge in [-0.3, -0.25) is 0 Å². The number of aromatic carboxylic acids is 1. The lowest BCUT2D eigenvalue weighted by atomic mass is 10.00. The number of H-pyrrole nitrogens is 1. The first-order valence-electron chi connectivity index (χ1n) is 8.51. The van der Waals surface area contributed by atoms with Crippen molar-refractivity contribution in [2.45, 2.75) is 0 Å². The van der Waals surface area contributed by atoms with Gasteiger partial charge in [0, 0.05) is 20.9 Å². The van der Waals surface area contributed by atoms with E-state index in [2.05, 4.69) is 20.9 Å². The van der Waals surface area contributed by atoms with Crippen molar-refractivity contribution >= 4 is 44.2 Å². The first kappa shape index (κ1) is 18.0. The van der Waals surface area contributed by atoms with Gasteiger partial charge >= 0.3 is 5.97 Å². The van der Waals surface area contributed by atoms with Crippen LogP contribution in [0.25, 0.3) is 10.9 Å². The molecule has 0 bridgehead atoms. The summed E-state index contributed by atoms with van der Waals surface area (Å²) in [4.78, 5) is 18.9. The topological polar surface area (TPSA) is 85.7 Å². The molecule has 0 fully saturated rings. The fraction of sp³-hybridized carbons (Fsp3) is 0. The molecule has 3 aromatic carbocycles. The van der Waals surface area contributed by atoms with E-state index in [1.807, 2.05) is 54.6 Å². The van der Waals surface area contributed by atoms with E-state index in [-0.39, 0.29) is 11.4 Å². The van der Waals surface area contributed by atoms with Gasteiger partial charge in [-0.05, 0) is 36.4 Å². The number of halogens is 1. The molecule has 3 N–H and O–H groups in total. The van der Waals surface area contributed by atoms with Gasteiger partial charge < -0.3 is 15.2 Å². The van der Waals surface area contributed by atoms with E-state index in [9.17, 15) is 15.0 Å². The highest BCUT2D eigenvalue weighted by molar-refractivity contribution is 9.10. The van der Waals surface area contributed by atoms with Gasteiger partial charge in [0.2, 0.25) is 0 Å². The van der Waals surface area contributed by atoms with Crippen LogP contribution in [-0.2, 0) is 0 Å². The molecule has 0 saturated carbocycles. The van der Waals surface area contributed by atoms with E-state index in [0.717, 1.165) is 15.7 Å². The fourth-order valence-corrected chi connectivity index (χ4v) is 3.33. The smallest absolute Gasteiger partial charge is 0.335 e. The normalized spacial score (nSPS) is 11.7. The van der Waals surface area contributed by atoms with Crippen molar-refractivity contribution in [2.24, 2.45) is 4.99 Å². The maximum Gasteiger partial charge on any atom is 0.335 e. The minimum Gasteiger partial charge on any atom is -0.494 e. The molecular formula is C22H15BrN2O3. The number of aliphatic imine (C=N–C) groups is 1. The summed E-state index contributed by atoms with van der Waals surface area (Å²) >= 11 is 3.42. The number of nitrogens with zero attached hydrogens (tertiary/aromatic N) is 1. The molecule has 6 heteroatoms. The molecule has 1 aromatic heterocycles. The second-order valence-electron chi connectivity index (χ2n) is 6.22. The maximum atomic E-state index is 11.3. The summed E-state index contributed by atoms with van der Waals surface area (Å²) < 4.78 is 0.948. The Balaban J connectivity index is 1.96. The monoisotopic (exact) mass is 434 g/mol. The number of aromatic nitrogens is 1. The number of aromatic hydroxyl groups is 1. The molecule has 0 aliphatic heterocycles. The average molecular weight is 435 g/mol. The number of rotatable bonds is 4. The molecule has 0 radical (unpaired) electrons. The lowest BCUT2D eigenvalue weighted by Gasteiger charge is -2.08. The van der Waals surface area contributed by atoms with Crippen molar-refractivity contribution < 1.29 is 15.0 Å². The molecule has 138 valence electrons. The average Bonchev–Trinajstić information content (AvgIpc) is 3.03. The zero-order valence-corrected chi connectivity index (χ0v) is 16.1. The quantitative estimate of drug-likeness (QED) is 0.370. The minimum absolute atomic E-state index is 0.0581. The van der Waals surface area contributed by atoms with Crippen LogP contribution in [0.1, 0.15) is 21.5 Å². The molecule has 4 aromatic rings. The SMILES string of the molecule is O=C(O)c1ccc2c(C(=Nc3ccc(Br)cc3)c3ccccc3)c(O)[nH]c2c1. The molecular weight excluding hydrogens is 420 g/mol. The Bertz CT molecular complexity index is 1200. The summed E-state index contributed by atoms with van der Waals surface area (Å²) in [6.07, 6.45) is 0. The highest BCUT2D eigenvalue weighted by Crippen LogP contribution is 2.32. The summed E-state index contributed by atoms with van der Waals surface area (Å²) in [6.45, 7) is 0. The Labute approximate surface area is 169 Å². The second-order valence-corrected chi connectivity index (χ2v) is 7.13. The van der Waals surface area contributed by atoms with Crippen LogP contribution in [0.4, 0.5) is 5.69 Å². The third-order valence-corrected chi connectivity index (χ3v) is 4.91. The lowest BCUT2D eigenvalue weighted by Crippen LogP contribution is -2.03. The highest BCUT2D eigenvalue weighted by atomic mass is 79.9. The Kier molecular flexibility index (Phi) is 4.71. The van der Waals surface area contributed by atoms with E-state index >= 15 is 0 Å². The van der Waals surface area contributed by atoms with Crippen LogP contribution in [0.5, 0.6) is 5.88 Å². The van der Waals surface area contributed by atoms with Crippen LogP contribution in [0, 0.1) is 0 Å². The summed E-state index contributed by atoms with van der Waals surface area (Å²) in [5, 5.41) is 20.5. The number of carboxylic acid groups (broad SMARTS) is 1. The standard InChI is InChI=1S/C22H15BrN2O3/c23-15-7-9-16(10-8-15)24-20(13-4-2-1-3-5-13)19-17-11-6-14(22(27)28)12-18(17)25-21(19)26/h1-12,25-26H,(H,27,28). The van der Waals surface area contributed by atoms with Crippen LogP contribution >= 0.6 is 15.9 Å². The molecule has 4 rings (SSSR count). The molecule has 5 nitrogen and oxygen atoms in total. The molecule has 0 spiro atoms. The lowest BCUT2D eigenvalue weighted by molar-refractivity contribution is 0.0697. The summed E-state index contributed by atoms with van der Waals surface area (Å²) in [7, 11) is 0. The second kappa shape index (κ2) is 7.32. The number of carboxylic acids is 1. The van der Waals surface area contributed by atoms with Crippen molar-refractivity contribution in [3.05, 3.63) is 94.0 Å². The van der Waals surface area contributed by atoms with Gasteiger partial charge in [0.1, 0.15) is 0 Å². The molecule has 0 aliphatic carbocycles. The molecule has 0 unspecified atom stereocenters. The molecule has 28 heavy (non-hydrogen) atoms. The van der Waals surface area contributed by atoms with E-state index < -0.39 is 5.97 Å². The minimum atomic E-state index is -1.02. The number of fused-ring (bicyclic) bond motifs is 1. The molecule has 0 atom stereocenters. The zero-order chi connectivity index (χ0) is 19.7. The number of carbonyl (C=O) groups is 1. The number of benzene rings is 3. The number of aromatic amines is 1. The molecule has 0 amide bonds. The first-order valence-corrected chi connectivity index (χ1v) is 9.30. The maximum absolute atomic E-state index is 11.3. The van der Waals surface area contributed by atoms with Crippen molar-refractivity contribution in [1.82, 2.24) is 4.98 Å². The third-order valence-electron chi connectivity index (χ3n) is 4.38. The summed E-state index contributed by atoms with van der Waals surface area (Å²) in [5.41, 5.74) is 3.37. The van der Waals surface area contributed by atoms with Crippen molar-refractivity contribution in [3.63, 3.8) is 0 Å². The molecule has 0 aliphatic rings. The number of hydrogen-bond acceptors (Lipinski definition) is 3. The Morgan fingerprint density at radius 1 is 0.929 bits per heavy atom. The van der Waals surface area contributed by atoms with Crippen LogP contribution in [0.3, 0.4) is 0 Å². The predicted octanol–water partition coefficient (Wildman–Crippen LogP) is 5.50. The van der Waals surface area contributed by atoms with E-state index in [1.54, 1.807) is 6.07 Å². The van der Waals surface area contributed by atoms with E-state index in [1.165, 1.54) is 12.1 Å². The molecule has 1 heterocycles. The fourth-order valence-electron chi connectivity index (χ4n) is 3.06. The van der Waals surface area contributed by atoms with Gasteiger partial charge in [0.25, 0.3) is 0 Å². The zero-order valence-electron chi connectivity index (χ0n) is 14.6. The Hall–Kier alpha value is -3.38. The van der Waals surface area contributed by atoms with Crippen LogP contribution in [0.2, 0.25) is 0 Å². The number of nitrogens with one attached hydrogen (secondary N) is 1. The van der Waals surface area contributed by atoms with Gasteiger partial charge in [-0.25, -0.2) is 9.79 Å². The van der Waals surface area contributed by atoms with E-state index in [4.69, 9.17) is 4.99 Å². The van der Waals surface area contributed by atoms with Crippen LogP contribution in [0.15, 0.2) is 82.3 Å². The van der Waals surface area contributed by atoms with Crippen molar-refractivity contribution in [3.8, 4) is 5.88 Å². The van der Waals surface area contributed by atoms with Gasteiger partial charge in [-0.2, -0.15) is 0 Å². The van der Waals surface area contributed by atoms with Gasteiger partial charge in [-0.15, -0.1) is 0 Å². The Morgan fingerprint density at radius 2 is 1.64 bits per heavy atom.